The Labute approximate surface area is 114 Å². The summed E-state index contributed by atoms with van der Waals surface area (Å²) in [6.45, 7) is 3.71. The Morgan fingerprint density at radius 2 is 2.33 bits per heavy atom. The summed E-state index contributed by atoms with van der Waals surface area (Å²) in [6, 6.07) is 6.17. The van der Waals surface area contributed by atoms with E-state index in [2.05, 4.69) is 21.2 Å². The molecule has 0 saturated carbocycles. The molecule has 1 N–H and O–H groups in total. The lowest BCUT2D eigenvalue weighted by molar-refractivity contribution is 0.121. The summed E-state index contributed by atoms with van der Waals surface area (Å²) in [4.78, 5) is 13.8. The number of carbonyl (C=O) groups excluding carboxylic acids is 1. The van der Waals surface area contributed by atoms with Crippen molar-refractivity contribution in [2.45, 2.75) is 25.5 Å². The van der Waals surface area contributed by atoms with E-state index in [-0.39, 0.29) is 18.2 Å². The van der Waals surface area contributed by atoms with Crippen molar-refractivity contribution < 1.29 is 9.53 Å². The average Bonchev–Trinajstić information content (AvgIpc) is 2.66. The van der Waals surface area contributed by atoms with E-state index in [1.165, 1.54) is 5.56 Å². The van der Waals surface area contributed by atoms with Crippen LogP contribution < -0.4 is 10.2 Å². The van der Waals surface area contributed by atoms with Gasteiger partial charge in [0.1, 0.15) is 6.10 Å². The Morgan fingerprint density at radius 3 is 3.11 bits per heavy atom. The van der Waals surface area contributed by atoms with E-state index < -0.39 is 0 Å². The van der Waals surface area contributed by atoms with Gasteiger partial charge < -0.3 is 10.1 Å². The highest BCUT2D eigenvalue weighted by molar-refractivity contribution is 9.10. The minimum absolute atomic E-state index is 0.0283. The second kappa shape index (κ2) is 4.55. The molecule has 0 aromatic heterocycles. The first-order valence-electron chi connectivity index (χ1n) is 6.13. The van der Waals surface area contributed by atoms with E-state index in [4.69, 9.17) is 4.74 Å². The van der Waals surface area contributed by atoms with E-state index in [0.29, 0.717) is 0 Å². The standard InChI is InChI=1S/C13H15BrN2O2/c1-8-2-3-10(9(14)6-8)16-11-4-5-15-7-12(11)18-13(16)17/h2-3,6,11-12,15H,4-5,7H2,1H3. The fourth-order valence-corrected chi connectivity index (χ4v) is 3.32. The molecule has 2 aliphatic rings. The molecule has 0 bridgehead atoms. The minimum Gasteiger partial charge on any atom is -0.442 e. The second-order valence-electron chi connectivity index (χ2n) is 4.81. The van der Waals surface area contributed by atoms with Gasteiger partial charge in [0.15, 0.2) is 0 Å². The number of hydrogen-bond acceptors (Lipinski definition) is 3. The first-order valence-corrected chi connectivity index (χ1v) is 6.93. The largest absolute Gasteiger partial charge is 0.442 e. The number of amides is 1. The number of ether oxygens (including phenoxy) is 1. The normalized spacial score (nSPS) is 27.0. The number of nitrogens with zero attached hydrogens (tertiary/aromatic N) is 1. The molecule has 96 valence electrons. The van der Waals surface area contributed by atoms with Crippen molar-refractivity contribution in [3.05, 3.63) is 28.2 Å². The molecule has 2 fully saturated rings. The van der Waals surface area contributed by atoms with Crippen molar-refractivity contribution in [1.82, 2.24) is 5.32 Å². The average molecular weight is 311 g/mol. The molecule has 3 rings (SSSR count). The zero-order valence-corrected chi connectivity index (χ0v) is 11.7. The predicted molar refractivity (Wildman–Crippen MR) is 72.9 cm³/mol. The Kier molecular flexibility index (Phi) is 3.03. The quantitative estimate of drug-likeness (QED) is 0.866. The van der Waals surface area contributed by atoms with Crippen LogP contribution in [-0.2, 0) is 4.74 Å². The van der Waals surface area contributed by atoms with Crippen LogP contribution in [0.1, 0.15) is 12.0 Å². The van der Waals surface area contributed by atoms with E-state index in [1.807, 2.05) is 25.1 Å². The summed E-state index contributed by atoms with van der Waals surface area (Å²) in [5, 5.41) is 3.26. The van der Waals surface area contributed by atoms with Crippen molar-refractivity contribution in [2.24, 2.45) is 0 Å². The van der Waals surface area contributed by atoms with Gasteiger partial charge in [0.05, 0.1) is 11.7 Å². The minimum atomic E-state index is -0.238. The number of anilines is 1. The highest BCUT2D eigenvalue weighted by Gasteiger charge is 2.44. The lowest BCUT2D eigenvalue weighted by Gasteiger charge is -2.29. The lowest BCUT2D eigenvalue weighted by atomic mass is 10.0. The van der Waals surface area contributed by atoms with Gasteiger partial charge in [0, 0.05) is 11.0 Å². The Balaban J connectivity index is 1.97. The summed E-state index contributed by atoms with van der Waals surface area (Å²) in [6.07, 6.45) is 0.661. The maximum absolute atomic E-state index is 12.0. The molecule has 2 aliphatic heterocycles. The van der Waals surface area contributed by atoms with Gasteiger partial charge in [-0.15, -0.1) is 0 Å². The van der Waals surface area contributed by atoms with Crippen LogP contribution in [0, 0.1) is 6.92 Å². The van der Waals surface area contributed by atoms with Crippen molar-refractivity contribution in [1.29, 1.82) is 0 Å². The Bertz CT molecular complexity index is 492. The number of piperidine rings is 1. The van der Waals surface area contributed by atoms with Crippen LogP contribution in [0.15, 0.2) is 22.7 Å². The maximum atomic E-state index is 12.0. The first-order chi connectivity index (χ1) is 8.66. The number of hydrogen-bond donors (Lipinski definition) is 1. The van der Waals surface area contributed by atoms with Crippen molar-refractivity contribution in [3.8, 4) is 0 Å². The van der Waals surface area contributed by atoms with Crippen LogP contribution in [0.4, 0.5) is 10.5 Å². The van der Waals surface area contributed by atoms with Crippen LogP contribution in [0.2, 0.25) is 0 Å². The van der Waals surface area contributed by atoms with Crippen molar-refractivity contribution in [2.75, 3.05) is 18.0 Å². The summed E-state index contributed by atoms with van der Waals surface area (Å²) < 4.78 is 6.36. The highest BCUT2D eigenvalue weighted by Crippen LogP contribution is 2.35. The van der Waals surface area contributed by atoms with Gasteiger partial charge in [-0.3, -0.25) is 4.90 Å². The van der Waals surface area contributed by atoms with Gasteiger partial charge in [-0.1, -0.05) is 6.07 Å². The first kappa shape index (κ1) is 12.0. The zero-order valence-electron chi connectivity index (χ0n) is 10.1. The lowest BCUT2D eigenvalue weighted by Crippen LogP contribution is -2.47. The molecule has 1 aromatic carbocycles. The molecular formula is C13H15BrN2O2. The smallest absolute Gasteiger partial charge is 0.415 e. The van der Waals surface area contributed by atoms with E-state index in [1.54, 1.807) is 4.90 Å². The molecule has 5 heteroatoms. The van der Waals surface area contributed by atoms with Gasteiger partial charge in [-0.05, 0) is 53.5 Å². The van der Waals surface area contributed by atoms with Gasteiger partial charge in [-0.2, -0.15) is 0 Å². The summed E-state index contributed by atoms with van der Waals surface area (Å²) in [7, 11) is 0. The number of nitrogens with one attached hydrogen (secondary N) is 1. The zero-order chi connectivity index (χ0) is 12.7. The molecule has 1 aromatic rings. The molecule has 2 unspecified atom stereocenters. The van der Waals surface area contributed by atoms with Gasteiger partial charge in [0.25, 0.3) is 0 Å². The maximum Gasteiger partial charge on any atom is 0.415 e. The molecule has 2 saturated heterocycles. The molecule has 4 nitrogen and oxygen atoms in total. The number of carbonyl (C=O) groups is 1. The van der Waals surface area contributed by atoms with Crippen molar-refractivity contribution in [3.63, 3.8) is 0 Å². The third kappa shape index (κ3) is 1.91. The Hall–Kier alpha value is -1.07. The molecule has 0 radical (unpaired) electrons. The van der Waals surface area contributed by atoms with Crippen LogP contribution >= 0.6 is 15.9 Å². The predicted octanol–water partition coefficient (Wildman–Crippen LogP) is 2.44. The van der Waals surface area contributed by atoms with Crippen LogP contribution in [0.25, 0.3) is 0 Å². The fraction of sp³-hybridized carbons (Fsp3) is 0.462. The van der Waals surface area contributed by atoms with Crippen LogP contribution in [-0.4, -0.2) is 31.3 Å². The molecule has 0 aliphatic carbocycles. The van der Waals surface area contributed by atoms with Gasteiger partial charge >= 0.3 is 6.09 Å². The molecule has 1 amide bonds. The number of rotatable bonds is 1. The number of halogens is 1. The SMILES string of the molecule is Cc1ccc(N2C(=O)OC3CNCCC32)c(Br)c1. The fourth-order valence-electron chi connectivity index (χ4n) is 2.64. The molecule has 2 atom stereocenters. The molecule has 18 heavy (non-hydrogen) atoms. The third-order valence-electron chi connectivity index (χ3n) is 3.53. The summed E-state index contributed by atoms with van der Waals surface area (Å²) in [5.41, 5.74) is 2.07. The van der Waals surface area contributed by atoms with Gasteiger partial charge in [-0.25, -0.2) is 4.79 Å². The molecule has 0 spiro atoms. The monoisotopic (exact) mass is 310 g/mol. The molecule has 2 heterocycles. The summed E-state index contributed by atoms with van der Waals surface area (Å²) in [5.74, 6) is 0. The topological polar surface area (TPSA) is 41.6 Å². The third-order valence-corrected chi connectivity index (χ3v) is 4.17. The van der Waals surface area contributed by atoms with E-state index in [9.17, 15) is 4.79 Å². The van der Waals surface area contributed by atoms with Gasteiger partial charge in [0.2, 0.25) is 0 Å². The highest BCUT2D eigenvalue weighted by atomic mass is 79.9. The number of benzene rings is 1. The van der Waals surface area contributed by atoms with Crippen molar-refractivity contribution >= 4 is 27.7 Å². The number of aryl methyl sites for hydroxylation is 1. The Morgan fingerprint density at radius 1 is 1.50 bits per heavy atom. The van der Waals surface area contributed by atoms with Crippen LogP contribution in [0.3, 0.4) is 0 Å². The number of fused-ring (bicyclic) bond motifs is 1. The van der Waals surface area contributed by atoms with E-state index >= 15 is 0 Å². The second-order valence-corrected chi connectivity index (χ2v) is 5.66. The molecular weight excluding hydrogens is 296 g/mol. The summed E-state index contributed by atoms with van der Waals surface area (Å²) >= 11 is 3.54. The van der Waals surface area contributed by atoms with Crippen LogP contribution in [0.5, 0.6) is 0 Å². The van der Waals surface area contributed by atoms with E-state index in [0.717, 1.165) is 29.7 Å².